The van der Waals surface area contributed by atoms with Crippen LogP contribution in [0.3, 0.4) is 0 Å². The largest absolute Gasteiger partial charge is 0.347 e. The van der Waals surface area contributed by atoms with Crippen LogP contribution in [-0.2, 0) is 9.84 Å². The van der Waals surface area contributed by atoms with Crippen LogP contribution >= 0.6 is 11.6 Å². The fourth-order valence-corrected chi connectivity index (χ4v) is 4.40. The lowest BCUT2D eigenvalue weighted by molar-refractivity contribution is 0.0935. The number of nitrogens with one attached hydrogen (secondary N) is 1. The molecule has 1 amide bonds. The summed E-state index contributed by atoms with van der Waals surface area (Å²) in [4.78, 5) is 12.3. The van der Waals surface area contributed by atoms with Gasteiger partial charge in [0, 0.05) is 16.8 Å². The van der Waals surface area contributed by atoms with Crippen LogP contribution < -0.4 is 5.32 Å². The van der Waals surface area contributed by atoms with E-state index in [2.05, 4.69) is 10.4 Å². The number of halogens is 1. The Morgan fingerprint density at radius 2 is 2.04 bits per heavy atom. The van der Waals surface area contributed by atoms with Gasteiger partial charge in [0.25, 0.3) is 5.91 Å². The molecule has 1 unspecified atom stereocenters. The second-order valence-corrected chi connectivity index (χ2v) is 8.30. The molecule has 3 rings (SSSR count). The first kappa shape index (κ1) is 16.0. The summed E-state index contributed by atoms with van der Waals surface area (Å²) in [5.41, 5.74) is 1.87. The zero-order chi connectivity index (χ0) is 16.6. The minimum atomic E-state index is -3.03. The van der Waals surface area contributed by atoms with Crippen LogP contribution in [0, 0.1) is 6.92 Å². The molecular formula is C15H16ClN3O3S. The average Bonchev–Trinajstić information content (AvgIpc) is 3.03. The molecule has 0 aliphatic carbocycles. The van der Waals surface area contributed by atoms with E-state index in [4.69, 9.17) is 11.6 Å². The van der Waals surface area contributed by atoms with Gasteiger partial charge in [-0.05, 0) is 43.7 Å². The van der Waals surface area contributed by atoms with Crippen LogP contribution in [0.1, 0.15) is 22.6 Å². The van der Waals surface area contributed by atoms with Gasteiger partial charge >= 0.3 is 0 Å². The van der Waals surface area contributed by atoms with Gasteiger partial charge < -0.3 is 5.32 Å². The van der Waals surface area contributed by atoms with E-state index in [9.17, 15) is 13.2 Å². The molecular weight excluding hydrogens is 338 g/mol. The SMILES string of the molecule is Cc1cc(C(=O)NC2CCS(=O)(=O)C2)nn1-c1ccc(Cl)cc1. The zero-order valence-corrected chi connectivity index (χ0v) is 14.1. The summed E-state index contributed by atoms with van der Waals surface area (Å²) in [5, 5.41) is 7.66. The lowest BCUT2D eigenvalue weighted by Gasteiger charge is -2.08. The Morgan fingerprint density at radius 1 is 1.35 bits per heavy atom. The van der Waals surface area contributed by atoms with Gasteiger partial charge in [-0.25, -0.2) is 13.1 Å². The molecule has 8 heteroatoms. The average molecular weight is 354 g/mol. The van der Waals surface area contributed by atoms with E-state index in [1.165, 1.54) is 0 Å². The van der Waals surface area contributed by atoms with Crippen LogP contribution in [-0.4, -0.2) is 41.7 Å². The zero-order valence-electron chi connectivity index (χ0n) is 12.5. The summed E-state index contributed by atoms with van der Waals surface area (Å²) < 4.78 is 24.5. The maximum absolute atomic E-state index is 12.3. The minimum absolute atomic E-state index is 0.00435. The molecule has 0 saturated carbocycles. The maximum Gasteiger partial charge on any atom is 0.272 e. The van der Waals surface area contributed by atoms with Gasteiger partial charge in [0.15, 0.2) is 15.5 Å². The standard InChI is InChI=1S/C15H16ClN3O3S/c1-10-8-14(15(20)17-12-6-7-23(21,22)9-12)18-19(10)13-4-2-11(16)3-5-13/h2-5,8,12H,6-7,9H2,1H3,(H,17,20). The molecule has 6 nitrogen and oxygen atoms in total. The summed E-state index contributed by atoms with van der Waals surface area (Å²) in [6, 6.07) is 8.46. The summed E-state index contributed by atoms with van der Waals surface area (Å²) in [6.07, 6.45) is 0.449. The van der Waals surface area contributed by atoms with Crippen molar-refractivity contribution in [3.8, 4) is 5.69 Å². The van der Waals surface area contributed by atoms with Crippen molar-refractivity contribution in [2.45, 2.75) is 19.4 Å². The topological polar surface area (TPSA) is 81.1 Å². The van der Waals surface area contributed by atoms with Crippen molar-refractivity contribution >= 4 is 27.3 Å². The lowest BCUT2D eigenvalue weighted by Crippen LogP contribution is -2.35. The summed E-state index contributed by atoms with van der Waals surface area (Å²) in [7, 11) is -3.03. The van der Waals surface area contributed by atoms with E-state index in [1.807, 2.05) is 19.1 Å². The highest BCUT2D eigenvalue weighted by atomic mass is 35.5. The summed E-state index contributed by atoms with van der Waals surface area (Å²) in [6.45, 7) is 1.85. The first-order valence-corrected chi connectivity index (χ1v) is 9.38. The van der Waals surface area contributed by atoms with Crippen LogP contribution in [0.25, 0.3) is 5.69 Å². The molecule has 23 heavy (non-hydrogen) atoms. The number of amides is 1. The number of aromatic nitrogens is 2. The first-order chi connectivity index (χ1) is 10.8. The molecule has 2 aromatic rings. The van der Waals surface area contributed by atoms with E-state index >= 15 is 0 Å². The molecule has 1 aromatic heterocycles. The third-order valence-corrected chi connectivity index (χ3v) is 5.78. The Labute approximate surface area is 139 Å². The Hall–Kier alpha value is -1.86. The molecule has 0 radical (unpaired) electrons. The summed E-state index contributed by atoms with van der Waals surface area (Å²) >= 11 is 5.87. The second-order valence-electron chi connectivity index (χ2n) is 5.63. The van der Waals surface area contributed by atoms with E-state index in [0.717, 1.165) is 11.4 Å². The quantitative estimate of drug-likeness (QED) is 0.911. The van der Waals surface area contributed by atoms with Crippen LogP contribution in [0.5, 0.6) is 0 Å². The van der Waals surface area contributed by atoms with Crippen molar-refractivity contribution in [2.24, 2.45) is 0 Å². The molecule has 1 atom stereocenters. The van der Waals surface area contributed by atoms with Gasteiger partial charge in [0.2, 0.25) is 0 Å². The van der Waals surface area contributed by atoms with Gasteiger partial charge in [-0.15, -0.1) is 0 Å². The smallest absolute Gasteiger partial charge is 0.272 e. The number of carbonyl (C=O) groups is 1. The van der Waals surface area contributed by atoms with Crippen molar-refractivity contribution in [3.63, 3.8) is 0 Å². The molecule has 1 N–H and O–H groups in total. The van der Waals surface area contributed by atoms with Crippen molar-refractivity contribution in [3.05, 3.63) is 46.7 Å². The van der Waals surface area contributed by atoms with Gasteiger partial charge in [-0.1, -0.05) is 11.6 Å². The fourth-order valence-electron chi connectivity index (χ4n) is 2.60. The normalized spacial score (nSPS) is 19.7. The van der Waals surface area contributed by atoms with Crippen molar-refractivity contribution in [1.82, 2.24) is 15.1 Å². The van der Waals surface area contributed by atoms with E-state index in [-0.39, 0.29) is 29.1 Å². The molecule has 2 heterocycles. The van der Waals surface area contributed by atoms with E-state index < -0.39 is 9.84 Å². The number of aryl methyl sites for hydroxylation is 1. The molecule has 1 aliphatic heterocycles. The Balaban J connectivity index is 1.77. The molecule has 1 aromatic carbocycles. The monoisotopic (exact) mass is 353 g/mol. The third-order valence-electron chi connectivity index (χ3n) is 3.76. The minimum Gasteiger partial charge on any atom is -0.347 e. The number of carbonyl (C=O) groups excluding carboxylic acids is 1. The fraction of sp³-hybridized carbons (Fsp3) is 0.333. The Kier molecular flexibility index (Phi) is 4.16. The molecule has 0 spiro atoms. The maximum atomic E-state index is 12.3. The predicted octanol–water partition coefficient (Wildman–Crippen LogP) is 1.75. The van der Waals surface area contributed by atoms with E-state index in [1.54, 1.807) is 22.9 Å². The first-order valence-electron chi connectivity index (χ1n) is 7.18. The highest BCUT2D eigenvalue weighted by molar-refractivity contribution is 7.91. The highest BCUT2D eigenvalue weighted by Crippen LogP contribution is 2.16. The third kappa shape index (κ3) is 3.56. The van der Waals surface area contributed by atoms with Gasteiger partial charge in [0.1, 0.15) is 0 Å². The van der Waals surface area contributed by atoms with Crippen molar-refractivity contribution in [2.75, 3.05) is 11.5 Å². The lowest BCUT2D eigenvalue weighted by atomic mass is 10.2. The van der Waals surface area contributed by atoms with Gasteiger partial charge in [-0.2, -0.15) is 5.10 Å². The number of rotatable bonds is 3. The van der Waals surface area contributed by atoms with Crippen LogP contribution in [0.4, 0.5) is 0 Å². The van der Waals surface area contributed by atoms with Crippen LogP contribution in [0.15, 0.2) is 30.3 Å². The predicted molar refractivity (Wildman–Crippen MR) is 87.8 cm³/mol. The molecule has 122 valence electrons. The molecule has 1 fully saturated rings. The Morgan fingerprint density at radius 3 is 2.65 bits per heavy atom. The van der Waals surface area contributed by atoms with Gasteiger partial charge in [-0.3, -0.25) is 4.79 Å². The number of benzene rings is 1. The van der Waals surface area contributed by atoms with E-state index in [0.29, 0.717) is 11.4 Å². The number of hydrogen-bond donors (Lipinski definition) is 1. The van der Waals surface area contributed by atoms with Crippen LogP contribution in [0.2, 0.25) is 5.02 Å². The number of nitrogens with zero attached hydrogens (tertiary/aromatic N) is 2. The van der Waals surface area contributed by atoms with Gasteiger partial charge in [0.05, 0.1) is 17.2 Å². The summed E-state index contributed by atoms with van der Waals surface area (Å²) in [5.74, 6) is -0.242. The Bertz CT molecular complexity index is 843. The van der Waals surface area contributed by atoms with Crippen molar-refractivity contribution < 1.29 is 13.2 Å². The highest BCUT2D eigenvalue weighted by Gasteiger charge is 2.29. The number of sulfone groups is 1. The molecule has 1 saturated heterocycles. The number of hydrogen-bond acceptors (Lipinski definition) is 4. The molecule has 0 bridgehead atoms. The van der Waals surface area contributed by atoms with Crippen molar-refractivity contribution in [1.29, 1.82) is 0 Å². The molecule has 1 aliphatic rings. The second kappa shape index (κ2) is 5.98.